The van der Waals surface area contributed by atoms with Gasteiger partial charge in [0.1, 0.15) is 6.29 Å². The monoisotopic (exact) mass is 353 g/mol. The number of fused-ring (bicyclic) bond motifs is 3. The first kappa shape index (κ1) is 19.4. The molecule has 3 rings (SSSR count). The molecule has 0 aromatic heterocycles. The van der Waals surface area contributed by atoms with Gasteiger partial charge in [0, 0.05) is 6.42 Å². The molecule has 2 nitrogen and oxygen atoms in total. The van der Waals surface area contributed by atoms with Crippen molar-refractivity contribution in [3.63, 3.8) is 0 Å². The highest BCUT2D eigenvalue weighted by Crippen LogP contribution is 2.65. The molecule has 26 heavy (non-hydrogen) atoms. The molecule has 2 saturated carbocycles. The third kappa shape index (κ3) is 3.08. The van der Waals surface area contributed by atoms with E-state index in [4.69, 9.17) is 5.26 Å². The van der Waals surface area contributed by atoms with Crippen molar-refractivity contribution >= 4 is 6.29 Å². The summed E-state index contributed by atoms with van der Waals surface area (Å²) in [7, 11) is 0. The van der Waals surface area contributed by atoms with Gasteiger partial charge >= 0.3 is 0 Å². The van der Waals surface area contributed by atoms with Crippen molar-refractivity contribution in [1.82, 2.24) is 0 Å². The number of allylic oxidation sites excluding steroid dienone is 4. The van der Waals surface area contributed by atoms with Crippen LogP contribution in [0.4, 0.5) is 0 Å². The van der Waals surface area contributed by atoms with Crippen molar-refractivity contribution in [2.24, 2.45) is 34.5 Å². The lowest BCUT2D eigenvalue weighted by Crippen LogP contribution is -2.48. The molecule has 6 atom stereocenters. The van der Waals surface area contributed by atoms with E-state index in [1.54, 1.807) is 0 Å². The van der Waals surface area contributed by atoms with Gasteiger partial charge in [0.15, 0.2) is 0 Å². The lowest BCUT2D eigenvalue weighted by molar-refractivity contribution is -0.104. The normalized spacial score (nSPS) is 42.9. The van der Waals surface area contributed by atoms with Crippen LogP contribution in [0.2, 0.25) is 0 Å². The Kier molecular flexibility index (Phi) is 5.75. The molecule has 0 saturated heterocycles. The van der Waals surface area contributed by atoms with Gasteiger partial charge in [0.2, 0.25) is 0 Å². The molecular weight excluding hydrogens is 318 g/mol. The summed E-state index contributed by atoms with van der Waals surface area (Å²) in [5.41, 5.74) is 1.85. The molecule has 3 aliphatic rings. The first-order valence-corrected chi connectivity index (χ1v) is 10.7. The van der Waals surface area contributed by atoms with Crippen molar-refractivity contribution in [3.05, 3.63) is 23.8 Å². The lowest BCUT2D eigenvalue weighted by atomic mass is 9.49. The molecule has 142 valence electrons. The number of carbonyl (C=O) groups excluding carboxylic acids is 1. The van der Waals surface area contributed by atoms with Crippen molar-refractivity contribution < 1.29 is 4.79 Å². The van der Waals surface area contributed by atoms with Gasteiger partial charge in [0.25, 0.3) is 0 Å². The summed E-state index contributed by atoms with van der Waals surface area (Å²) in [6.07, 6.45) is 18.1. The number of carbonyl (C=O) groups is 1. The lowest BCUT2D eigenvalue weighted by Gasteiger charge is -2.55. The zero-order valence-corrected chi connectivity index (χ0v) is 16.8. The SMILES string of the molecule is CCCC1(C)/C(=C\C=O)C=CC2C1CCC1(C)C(CCCC#N)CCC21. The highest BCUT2D eigenvalue weighted by molar-refractivity contribution is 5.68. The number of aldehydes is 1. The van der Waals surface area contributed by atoms with Crippen molar-refractivity contribution in [2.75, 3.05) is 0 Å². The van der Waals surface area contributed by atoms with Crippen LogP contribution in [0.25, 0.3) is 0 Å². The van der Waals surface area contributed by atoms with Gasteiger partial charge < -0.3 is 0 Å². The van der Waals surface area contributed by atoms with E-state index in [0.29, 0.717) is 23.7 Å². The van der Waals surface area contributed by atoms with Crippen molar-refractivity contribution in [2.45, 2.75) is 78.6 Å². The van der Waals surface area contributed by atoms with E-state index in [2.05, 4.69) is 39.0 Å². The Morgan fingerprint density at radius 2 is 2.08 bits per heavy atom. The Morgan fingerprint density at radius 1 is 1.27 bits per heavy atom. The number of unbranched alkanes of at least 4 members (excludes halogenated alkanes) is 1. The topological polar surface area (TPSA) is 40.9 Å². The van der Waals surface area contributed by atoms with E-state index < -0.39 is 0 Å². The fraction of sp³-hybridized carbons (Fsp3) is 0.750. The second kappa shape index (κ2) is 7.71. The van der Waals surface area contributed by atoms with E-state index in [9.17, 15) is 4.79 Å². The number of hydrogen-bond donors (Lipinski definition) is 0. The predicted octanol–water partition coefficient (Wildman–Crippen LogP) is 6.24. The van der Waals surface area contributed by atoms with Crippen LogP contribution in [0.5, 0.6) is 0 Å². The Morgan fingerprint density at radius 3 is 2.77 bits per heavy atom. The summed E-state index contributed by atoms with van der Waals surface area (Å²) in [6, 6.07) is 2.32. The first-order chi connectivity index (χ1) is 12.5. The van der Waals surface area contributed by atoms with Gasteiger partial charge in [-0.2, -0.15) is 5.26 Å². The average Bonchev–Trinajstić information content (AvgIpc) is 2.95. The molecule has 0 N–H and O–H groups in total. The molecular formula is C24H35NO. The zero-order valence-electron chi connectivity index (χ0n) is 16.8. The van der Waals surface area contributed by atoms with Gasteiger partial charge in [0.05, 0.1) is 6.07 Å². The van der Waals surface area contributed by atoms with E-state index >= 15 is 0 Å². The van der Waals surface area contributed by atoms with Crippen LogP contribution in [0.15, 0.2) is 23.8 Å². The highest BCUT2D eigenvalue weighted by atomic mass is 16.1. The molecule has 3 aliphatic carbocycles. The summed E-state index contributed by atoms with van der Waals surface area (Å²) in [4.78, 5) is 11.2. The predicted molar refractivity (Wildman–Crippen MR) is 106 cm³/mol. The van der Waals surface area contributed by atoms with E-state index in [1.165, 1.54) is 50.5 Å². The minimum atomic E-state index is 0.148. The quantitative estimate of drug-likeness (QED) is 0.322. The molecule has 0 bridgehead atoms. The van der Waals surface area contributed by atoms with Crippen LogP contribution in [0.3, 0.4) is 0 Å². The number of nitriles is 1. The Hall–Kier alpha value is -1.36. The number of rotatable bonds is 6. The standard InChI is InChI=1S/C24H35NO/c1-4-14-23(2)19(13-17-26)8-10-20-21-11-9-18(7-5-6-16-25)24(21,3)15-12-22(20)23/h8,10,13,17-18,20-22H,4-7,9,11-12,14-15H2,1-3H3/b19-13-. The molecule has 6 unspecified atom stereocenters. The Bertz CT molecular complexity index is 627. The van der Waals surface area contributed by atoms with Crippen molar-refractivity contribution in [1.29, 1.82) is 5.26 Å². The summed E-state index contributed by atoms with van der Waals surface area (Å²) >= 11 is 0. The van der Waals surface area contributed by atoms with E-state index in [1.807, 2.05) is 6.08 Å². The minimum absolute atomic E-state index is 0.148. The second-order valence-corrected chi connectivity index (χ2v) is 9.44. The molecule has 2 heteroatoms. The van der Waals surface area contributed by atoms with Crippen LogP contribution in [-0.2, 0) is 4.79 Å². The van der Waals surface area contributed by atoms with E-state index in [0.717, 1.165) is 24.5 Å². The molecule has 0 heterocycles. The van der Waals surface area contributed by atoms with Crippen LogP contribution < -0.4 is 0 Å². The van der Waals surface area contributed by atoms with Crippen LogP contribution in [0, 0.1) is 45.8 Å². The third-order valence-corrected chi connectivity index (χ3v) is 8.36. The fourth-order valence-corrected chi connectivity index (χ4v) is 7.00. The molecule has 2 fully saturated rings. The fourth-order valence-electron chi connectivity index (χ4n) is 7.00. The highest BCUT2D eigenvalue weighted by Gasteiger charge is 2.56. The van der Waals surface area contributed by atoms with Crippen LogP contribution >= 0.6 is 0 Å². The molecule has 0 aromatic rings. The van der Waals surface area contributed by atoms with Crippen LogP contribution in [0.1, 0.15) is 78.6 Å². The molecule has 0 spiro atoms. The number of nitrogens with zero attached hydrogens (tertiary/aromatic N) is 1. The Balaban J connectivity index is 1.87. The maximum Gasteiger partial charge on any atom is 0.143 e. The zero-order chi connectivity index (χ0) is 18.8. The van der Waals surface area contributed by atoms with Crippen LogP contribution in [-0.4, -0.2) is 6.29 Å². The maximum atomic E-state index is 11.2. The smallest absolute Gasteiger partial charge is 0.143 e. The summed E-state index contributed by atoms with van der Waals surface area (Å²) in [5, 5.41) is 8.88. The van der Waals surface area contributed by atoms with Gasteiger partial charge in [-0.1, -0.05) is 39.3 Å². The Labute approximate surface area is 159 Å². The van der Waals surface area contributed by atoms with Gasteiger partial charge in [-0.15, -0.1) is 0 Å². The third-order valence-electron chi connectivity index (χ3n) is 8.36. The summed E-state index contributed by atoms with van der Waals surface area (Å²) in [6.45, 7) is 7.22. The van der Waals surface area contributed by atoms with E-state index in [-0.39, 0.29) is 5.41 Å². The minimum Gasteiger partial charge on any atom is -0.299 e. The molecule has 0 aromatic carbocycles. The maximum absolute atomic E-state index is 11.2. The van der Waals surface area contributed by atoms with Crippen molar-refractivity contribution in [3.8, 4) is 6.07 Å². The van der Waals surface area contributed by atoms with Gasteiger partial charge in [-0.25, -0.2) is 0 Å². The number of hydrogen-bond acceptors (Lipinski definition) is 2. The summed E-state index contributed by atoms with van der Waals surface area (Å²) in [5.74, 6) is 2.91. The second-order valence-electron chi connectivity index (χ2n) is 9.44. The summed E-state index contributed by atoms with van der Waals surface area (Å²) < 4.78 is 0. The van der Waals surface area contributed by atoms with Gasteiger partial charge in [-0.3, -0.25) is 4.79 Å². The van der Waals surface area contributed by atoms with Gasteiger partial charge in [-0.05, 0) is 91.1 Å². The molecule has 0 radical (unpaired) electrons. The molecule has 0 aliphatic heterocycles. The molecule has 0 amide bonds. The largest absolute Gasteiger partial charge is 0.299 e. The average molecular weight is 354 g/mol. The first-order valence-electron chi connectivity index (χ1n) is 10.7.